The molecule has 28 heavy (non-hydrogen) atoms. The highest BCUT2D eigenvalue weighted by Crippen LogP contribution is 2.46. The number of rotatable bonds is 4. The molecule has 0 spiro atoms. The van der Waals surface area contributed by atoms with Crippen molar-refractivity contribution in [1.82, 2.24) is 14.5 Å². The van der Waals surface area contributed by atoms with Crippen molar-refractivity contribution in [3.05, 3.63) is 80.6 Å². The van der Waals surface area contributed by atoms with Gasteiger partial charge in [-0.15, -0.1) is 0 Å². The van der Waals surface area contributed by atoms with Crippen molar-refractivity contribution < 1.29 is 0 Å². The van der Waals surface area contributed by atoms with Gasteiger partial charge >= 0.3 is 0 Å². The van der Waals surface area contributed by atoms with E-state index in [2.05, 4.69) is 70.7 Å². The minimum atomic E-state index is -0.191. The van der Waals surface area contributed by atoms with Crippen LogP contribution in [0.2, 0.25) is 5.02 Å². The molecule has 3 nitrogen and oxygen atoms in total. The Morgan fingerprint density at radius 2 is 2.07 bits per heavy atom. The lowest BCUT2D eigenvalue weighted by Crippen LogP contribution is -2.27. The number of allylic oxidation sites excluding steroid dienone is 1. The minimum absolute atomic E-state index is 0.191. The van der Waals surface area contributed by atoms with Crippen LogP contribution in [-0.4, -0.2) is 14.5 Å². The highest BCUT2D eigenvalue weighted by molar-refractivity contribution is 9.10. The maximum atomic E-state index is 6.45. The van der Waals surface area contributed by atoms with Crippen LogP contribution < -0.4 is 0 Å². The fraction of sp³-hybridized carbons (Fsp3) is 0.304. The molecule has 2 heterocycles. The summed E-state index contributed by atoms with van der Waals surface area (Å²) in [7, 11) is 2.07. The number of fused-ring (bicyclic) bond motifs is 2. The van der Waals surface area contributed by atoms with Crippen molar-refractivity contribution >= 4 is 39.2 Å². The first kappa shape index (κ1) is 19.4. The quantitative estimate of drug-likeness (QED) is 0.452. The van der Waals surface area contributed by atoms with Crippen LogP contribution in [0, 0.1) is 0 Å². The monoisotopic (exact) mass is 455 g/mol. The van der Waals surface area contributed by atoms with E-state index in [1.54, 1.807) is 0 Å². The maximum absolute atomic E-state index is 6.45. The molecule has 5 heteroatoms. The first-order valence-electron chi connectivity index (χ1n) is 9.54. The van der Waals surface area contributed by atoms with Gasteiger partial charge in [-0.05, 0) is 75.8 Å². The van der Waals surface area contributed by atoms with Gasteiger partial charge in [0.05, 0.1) is 12.0 Å². The molecule has 0 amide bonds. The molecule has 1 aliphatic carbocycles. The van der Waals surface area contributed by atoms with E-state index in [-0.39, 0.29) is 5.41 Å². The molecular formula is C23H23BrClN3. The first-order chi connectivity index (χ1) is 13.4. The summed E-state index contributed by atoms with van der Waals surface area (Å²) in [6.07, 6.45) is 10.9. The highest BCUT2D eigenvalue weighted by atomic mass is 79.9. The molecule has 4 rings (SSSR count). The Hall–Kier alpha value is -1.91. The van der Waals surface area contributed by atoms with E-state index in [0.717, 1.165) is 40.0 Å². The largest absolute Gasteiger partial charge is 0.337 e. The number of pyridine rings is 1. The van der Waals surface area contributed by atoms with Crippen molar-refractivity contribution in [1.29, 1.82) is 0 Å². The molecule has 144 valence electrons. The van der Waals surface area contributed by atoms with Gasteiger partial charge in [0.1, 0.15) is 0 Å². The molecule has 1 unspecified atom stereocenters. The van der Waals surface area contributed by atoms with Crippen LogP contribution in [-0.2, 0) is 18.9 Å². The molecular weight excluding hydrogens is 434 g/mol. The molecule has 1 atom stereocenters. The number of nitrogens with zero attached hydrogens (tertiary/aromatic N) is 3. The van der Waals surface area contributed by atoms with Crippen LogP contribution in [0.25, 0.3) is 11.6 Å². The standard InChI is InChI=1S/C23H23BrClN3/c1-4-7-23(2,22-13-26-14-28(22)3)20-9-16-8-17(24)12-27-21(16)10-15-5-6-18(25)11-19(15)20/h5-6,8-9,11-14H,4,7,10H2,1-3H3. The molecule has 1 aromatic carbocycles. The lowest BCUT2D eigenvalue weighted by molar-refractivity contribution is 0.515. The Labute approximate surface area is 179 Å². The van der Waals surface area contributed by atoms with E-state index in [1.165, 1.54) is 22.4 Å². The van der Waals surface area contributed by atoms with Gasteiger partial charge in [0.2, 0.25) is 0 Å². The van der Waals surface area contributed by atoms with Gasteiger partial charge in [0, 0.05) is 46.5 Å². The highest BCUT2D eigenvalue weighted by Gasteiger charge is 2.36. The molecule has 3 aromatic rings. The summed E-state index contributed by atoms with van der Waals surface area (Å²) in [5, 5.41) is 0.758. The van der Waals surface area contributed by atoms with Crippen molar-refractivity contribution in [2.45, 2.75) is 38.5 Å². The Morgan fingerprint density at radius 1 is 1.25 bits per heavy atom. The Kier molecular flexibility index (Phi) is 5.19. The van der Waals surface area contributed by atoms with Gasteiger partial charge < -0.3 is 4.57 Å². The lowest BCUT2D eigenvalue weighted by Gasteiger charge is -2.34. The molecule has 0 bridgehead atoms. The fourth-order valence-electron chi connectivity index (χ4n) is 4.37. The lowest BCUT2D eigenvalue weighted by atomic mass is 9.71. The van der Waals surface area contributed by atoms with E-state index < -0.39 is 0 Å². The summed E-state index contributed by atoms with van der Waals surface area (Å²) in [5.74, 6) is 0. The van der Waals surface area contributed by atoms with Crippen LogP contribution in [0.15, 0.2) is 47.5 Å². The molecule has 0 radical (unpaired) electrons. The molecule has 0 saturated carbocycles. The molecule has 0 saturated heterocycles. The predicted molar refractivity (Wildman–Crippen MR) is 120 cm³/mol. The number of benzene rings is 1. The zero-order valence-electron chi connectivity index (χ0n) is 16.3. The SMILES string of the molecule is CCCC(C)(C1=Cc2cc(Br)cnc2Cc2ccc(Cl)cc21)c1cncn1C. The second kappa shape index (κ2) is 7.49. The molecule has 0 aliphatic heterocycles. The van der Waals surface area contributed by atoms with Crippen LogP contribution in [0.1, 0.15) is 54.8 Å². The summed E-state index contributed by atoms with van der Waals surface area (Å²) < 4.78 is 3.12. The topological polar surface area (TPSA) is 30.7 Å². The van der Waals surface area contributed by atoms with Crippen LogP contribution >= 0.6 is 27.5 Å². The third-order valence-corrected chi connectivity index (χ3v) is 6.39. The minimum Gasteiger partial charge on any atom is -0.337 e. The summed E-state index contributed by atoms with van der Waals surface area (Å²) in [4.78, 5) is 9.11. The van der Waals surface area contributed by atoms with E-state index in [9.17, 15) is 0 Å². The van der Waals surface area contributed by atoms with Crippen LogP contribution in [0.3, 0.4) is 0 Å². The van der Waals surface area contributed by atoms with E-state index in [0.29, 0.717) is 0 Å². The normalized spacial score (nSPS) is 15.2. The van der Waals surface area contributed by atoms with Crippen molar-refractivity contribution in [2.24, 2.45) is 7.05 Å². The Balaban J connectivity index is 2.03. The number of aromatic nitrogens is 3. The summed E-state index contributed by atoms with van der Waals surface area (Å²) in [5.41, 5.74) is 7.00. The summed E-state index contributed by atoms with van der Waals surface area (Å²) >= 11 is 10.0. The third-order valence-electron chi connectivity index (χ3n) is 5.72. The number of hydrogen-bond donors (Lipinski definition) is 0. The van der Waals surface area contributed by atoms with Crippen molar-refractivity contribution in [3.8, 4) is 0 Å². The van der Waals surface area contributed by atoms with Gasteiger partial charge in [-0.3, -0.25) is 4.98 Å². The van der Waals surface area contributed by atoms with Gasteiger partial charge in [-0.25, -0.2) is 4.98 Å². The zero-order valence-corrected chi connectivity index (χ0v) is 18.7. The fourth-order valence-corrected chi connectivity index (χ4v) is 4.89. The smallest absolute Gasteiger partial charge is 0.0945 e. The Bertz CT molecular complexity index is 1070. The van der Waals surface area contributed by atoms with Crippen LogP contribution in [0.4, 0.5) is 0 Å². The van der Waals surface area contributed by atoms with E-state index >= 15 is 0 Å². The van der Waals surface area contributed by atoms with Crippen LogP contribution in [0.5, 0.6) is 0 Å². The maximum Gasteiger partial charge on any atom is 0.0945 e. The average Bonchev–Trinajstić information content (AvgIpc) is 3.02. The summed E-state index contributed by atoms with van der Waals surface area (Å²) in [6, 6.07) is 8.38. The Morgan fingerprint density at radius 3 is 2.79 bits per heavy atom. The van der Waals surface area contributed by atoms with Gasteiger partial charge in [-0.1, -0.05) is 31.0 Å². The molecule has 0 fully saturated rings. The van der Waals surface area contributed by atoms with Gasteiger partial charge in [0.25, 0.3) is 0 Å². The van der Waals surface area contributed by atoms with E-state index in [1.807, 2.05) is 24.8 Å². The second-order valence-electron chi connectivity index (χ2n) is 7.70. The predicted octanol–water partition coefficient (Wildman–Crippen LogP) is 6.43. The third kappa shape index (κ3) is 3.33. The van der Waals surface area contributed by atoms with Crippen molar-refractivity contribution in [2.75, 3.05) is 0 Å². The number of halogens is 2. The van der Waals surface area contributed by atoms with Gasteiger partial charge in [0.15, 0.2) is 0 Å². The zero-order chi connectivity index (χ0) is 19.9. The number of hydrogen-bond acceptors (Lipinski definition) is 2. The first-order valence-corrected chi connectivity index (χ1v) is 10.7. The summed E-state index contributed by atoms with van der Waals surface area (Å²) in [6.45, 7) is 4.55. The number of aryl methyl sites for hydroxylation is 1. The second-order valence-corrected chi connectivity index (χ2v) is 9.05. The molecule has 0 N–H and O–H groups in total. The molecule has 1 aliphatic rings. The number of imidazole rings is 1. The molecule has 2 aromatic heterocycles. The van der Waals surface area contributed by atoms with Crippen molar-refractivity contribution in [3.63, 3.8) is 0 Å². The van der Waals surface area contributed by atoms with Gasteiger partial charge in [-0.2, -0.15) is 0 Å². The van der Waals surface area contributed by atoms with E-state index in [4.69, 9.17) is 16.6 Å². The average molecular weight is 457 g/mol.